The molecule has 0 aliphatic rings. The molecule has 110 valence electrons. The lowest BCUT2D eigenvalue weighted by atomic mass is 10.2. The third-order valence-corrected chi connectivity index (χ3v) is 3.66. The smallest absolute Gasteiger partial charge is 0.279 e. The Morgan fingerprint density at radius 3 is 2.43 bits per heavy atom. The van der Waals surface area contributed by atoms with E-state index in [0.29, 0.717) is 18.1 Å². The Labute approximate surface area is 134 Å². The summed E-state index contributed by atoms with van der Waals surface area (Å²) in [4.78, 5) is 13.0. The van der Waals surface area contributed by atoms with Crippen LogP contribution in [-0.2, 0) is 11.3 Å². The van der Waals surface area contributed by atoms with Gasteiger partial charge in [0.1, 0.15) is 6.54 Å². The fourth-order valence-corrected chi connectivity index (χ4v) is 2.37. The molecule has 0 aliphatic heterocycles. The number of hydrogen-bond donors (Lipinski definition) is 2. The van der Waals surface area contributed by atoms with E-state index in [4.69, 9.17) is 23.2 Å². The zero-order chi connectivity index (χ0) is 15.2. The van der Waals surface area contributed by atoms with Gasteiger partial charge in [-0.2, -0.15) is 0 Å². The van der Waals surface area contributed by atoms with Crippen molar-refractivity contribution in [1.82, 2.24) is 0 Å². The minimum absolute atomic E-state index is 0.0399. The van der Waals surface area contributed by atoms with Gasteiger partial charge in [-0.25, -0.2) is 0 Å². The van der Waals surface area contributed by atoms with Crippen molar-refractivity contribution in [2.24, 2.45) is 0 Å². The third-order valence-electron chi connectivity index (χ3n) is 3.04. The van der Waals surface area contributed by atoms with E-state index in [1.807, 2.05) is 31.3 Å². The van der Waals surface area contributed by atoms with Crippen LogP contribution in [0.15, 0.2) is 48.5 Å². The number of likely N-dealkylation sites (N-methyl/N-ethyl adjacent to an activating group) is 1. The second-order valence-electron chi connectivity index (χ2n) is 4.96. The number of benzene rings is 2. The van der Waals surface area contributed by atoms with Gasteiger partial charge in [0.25, 0.3) is 5.91 Å². The summed E-state index contributed by atoms with van der Waals surface area (Å²) >= 11 is 11.9. The third kappa shape index (κ3) is 5.05. The van der Waals surface area contributed by atoms with Gasteiger partial charge in [-0.15, -0.1) is 0 Å². The average molecular weight is 324 g/mol. The molecule has 0 radical (unpaired) electrons. The summed E-state index contributed by atoms with van der Waals surface area (Å²) in [6, 6.07) is 14.7. The highest BCUT2D eigenvalue weighted by molar-refractivity contribution is 6.31. The molecule has 2 aromatic rings. The fraction of sp³-hybridized carbons (Fsp3) is 0.188. The molecule has 0 aliphatic carbocycles. The molecule has 2 aromatic carbocycles. The fourth-order valence-electron chi connectivity index (χ4n) is 2.04. The first-order chi connectivity index (χ1) is 10.0. The van der Waals surface area contributed by atoms with Crippen LogP contribution >= 0.6 is 23.2 Å². The zero-order valence-corrected chi connectivity index (χ0v) is 13.2. The monoisotopic (exact) mass is 323 g/mol. The van der Waals surface area contributed by atoms with E-state index in [-0.39, 0.29) is 5.91 Å². The molecule has 1 amide bonds. The lowest BCUT2D eigenvalue weighted by molar-refractivity contribution is -0.885. The van der Waals surface area contributed by atoms with Crippen molar-refractivity contribution in [3.8, 4) is 0 Å². The highest BCUT2D eigenvalue weighted by Gasteiger charge is 2.12. The molecule has 0 fully saturated rings. The van der Waals surface area contributed by atoms with Crippen molar-refractivity contribution in [2.45, 2.75) is 6.54 Å². The van der Waals surface area contributed by atoms with Crippen molar-refractivity contribution in [1.29, 1.82) is 0 Å². The topological polar surface area (TPSA) is 33.5 Å². The molecule has 0 saturated carbocycles. The maximum absolute atomic E-state index is 12.0. The summed E-state index contributed by atoms with van der Waals surface area (Å²) in [5.74, 6) is -0.0399. The molecule has 1 unspecified atom stereocenters. The van der Waals surface area contributed by atoms with Crippen LogP contribution in [0.25, 0.3) is 0 Å². The van der Waals surface area contributed by atoms with Gasteiger partial charge in [0.2, 0.25) is 0 Å². The largest absolute Gasteiger partial charge is 0.326 e. The highest BCUT2D eigenvalue weighted by atomic mass is 35.5. The van der Waals surface area contributed by atoms with Crippen LogP contribution in [0.1, 0.15) is 5.56 Å². The van der Waals surface area contributed by atoms with Crippen LogP contribution in [-0.4, -0.2) is 19.5 Å². The van der Waals surface area contributed by atoms with E-state index in [2.05, 4.69) is 5.32 Å². The summed E-state index contributed by atoms with van der Waals surface area (Å²) in [6.45, 7) is 1.07. The Morgan fingerprint density at radius 1 is 1.10 bits per heavy atom. The molecule has 2 N–H and O–H groups in total. The van der Waals surface area contributed by atoms with E-state index in [1.165, 1.54) is 0 Å². The summed E-state index contributed by atoms with van der Waals surface area (Å²) in [6.07, 6.45) is 0. The van der Waals surface area contributed by atoms with E-state index in [1.54, 1.807) is 24.3 Å². The standard InChI is InChI=1S/C16H16Cl2N2O/c1-20(10-12-4-2-3-5-15(12)18)11-16(21)19-14-8-6-13(17)7-9-14/h2-9H,10-11H2,1H3,(H,19,21)/p+1. The van der Waals surface area contributed by atoms with Gasteiger partial charge >= 0.3 is 0 Å². The van der Waals surface area contributed by atoms with Crippen molar-refractivity contribution in [2.75, 3.05) is 18.9 Å². The minimum Gasteiger partial charge on any atom is -0.326 e. The minimum atomic E-state index is -0.0399. The Morgan fingerprint density at radius 2 is 1.76 bits per heavy atom. The molecule has 5 heteroatoms. The SMILES string of the molecule is C[NH+](CC(=O)Nc1ccc(Cl)cc1)Cc1ccccc1Cl. The van der Waals surface area contributed by atoms with E-state index >= 15 is 0 Å². The summed E-state index contributed by atoms with van der Waals surface area (Å²) < 4.78 is 0. The van der Waals surface area contributed by atoms with Gasteiger partial charge in [-0.1, -0.05) is 41.4 Å². The number of quaternary nitrogens is 1. The molecule has 0 heterocycles. The Bertz CT molecular complexity index is 614. The number of nitrogens with one attached hydrogen (secondary N) is 2. The predicted molar refractivity (Wildman–Crippen MR) is 87.0 cm³/mol. The Kier molecular flexibility index (Phi) is 5.62. The molecule has 0 bridgehead atoms. The van der Waals surface area contributed by atoms with Crippen LogP contribution in [0.2, 0.25) is 10.0 Å². The Balaban J connectivity index is 1.87. The number of rotatable bonds is 5. The highest BCUT2D eigenvalue weighted by Crippen LogP contribution is 2.14. The number of carbonyl (C=O) groups is 1. The van der Waals surface area contributed by atoms with Crippen molar-refractivity contribution >= 4 is 34.8 Å². The van der Waals surface area contributed by atoms with Gasteiger partial charge in [-0.05, 0) is 30.3 Å². The maximum Gasteiger partial charge on any atom is 0.279 e. The molecule has 1 atom stereocenters. The molecule has 0 aromatic heterocycles. The van der Waals surface area contributed by atoms with E-state index in [9.17, 15) is 4.79 Å². The molecule has 2 rings (SSSR count). The molecular weight excluding hydrogens is 307 g/mol. The van der Waals surface area contributed by atoms with Gasteiger partial charge in [-0.3, -0.25) is 4.79 Å². The molecule has 3 nitrogen and oxygen atoms in total. The number of hydrogen-bond acceptors (Lipinski definition) is 1. The van der Waals surface area contributed by atoms with Gasteiger partial charge in [0.15, 0.2) is 6.54 Å². The number of carbonyl (C=O) groups excluding carboxylic acids is 1. The van der Waals surface area contributed by atoms with E-state index in [0.717, 1.165) is 21.2 Å². The van der Waals surface area contributed by atoms with Gasteiger partial charge in [0, 0.05) is 21.3 Å². The van der Waals surface area contributed by atoms with Crippen LogP contribution in [0, 0.1) is 0 Å². The normalized spacial score (nSPS) is 12.0. The second-order valence-corrected chi connectivity index (χ2v) is 5.80. The van der Waals surface area contributed by atoms with Crippen LogP contribution in [0.3, 0.4) is 0 Å². The molecule has 0 spiro atoms. The summed E-state index contributed by atoms with van der Waals surface area (Å²) in [5, 5.41) is 4.23. The van der Waals surface area contributed by atoms with E-state index < -0.39 is 0 Å². The molecule has 0 saturated heterocycles. The van der Waals surface area contributed by atoms with Gasteiger partial charge in [0.05, 0.1) is 7.05 Å². The summed E-state index contributed by atoms with van der Waals surface area (Å²) in [5.41, 5.74) is 1.78. The van der Waals surface area contributed by atoms with Gasteiger partial charge < -0.3 is 10.2 Å². The predicted octanol–water partition coefficient (Wildman–Crippen LogP) is 2.65. The lowest BCUT2D eigenvalue weighted by Crippen LogP contribution is -3.08. The first kappa shape index (κ1) is 15.8. The number of halogens is 2. The number of anilines is 1. The molecule has 21 heavy (non-hydrogen) atoms. The van der Waals surface area contributed by atoms with Crippen LogP contribution < -0.4 is 10.2 Å². The first-order valence-corrected chi connectivity index (χ1v) is 7.40. The average Bonchev–Trinajstić information content (AvgIpc) is 2.44. The lowest BCUT2D eigenvalue weighted by Gasteiger charge is -2.14. The Hall–Kier alpha value is -1.55. The van der Waals surface area contributed by atoms with Crippen molar-refractivity contribution in [3.63, 3.8) is 0 Å². The van der Waals surface area contributed by atoms with Crippen LogP contribution in [0.4, 0.5) is 5.69 Å². The zero-order valence-electron chi connectivity index (χ0n) is 11.7. The van der Waals surface area contributed by atoms with Crippen molar-refractivity contribution < 1.29 is 9.69 Å². The second kappa shape index (κ2) is 7.46. The quantitative estimate of drug-likeness (QED) is 0.871. The maximum atomic E-state index is 12.0. The summed E-state index contributed by atoms with van der Waals surface area (Å²) in [7, 11) is 1.96. The van der Waals surface area contributed by atoms with Crippen molar-refractivity contribution in [3.05, 3.63) is 64.1 Å². The number of amides is 1. The first-order valence-electron chi connectivity index (χ1n) is 6.65. The van der Waals surface area contributed by atoms with Crippen LogP contribution in [0.5, 0.6) is 0 Å². The molecular formula is C16H17Cl2N2O+.